The van der Waals surface area contributed by atoms with Gasteiger partial charge in [-0.25, -0.2) is 0 Å². The van der Waals surface area contributed by atoms with Crippen LogP contribution in [0.5, 0.6) is 0 Å². The number of ether oxygens (including phenoxy) is 1. The average Bonchev–Trinajstić information content (AvgIpc) is 2.84. The number of piperazine rings is 1. The second-order valence-corrected chi connectivity index (χ2v) is 10.1. The van der Waals surface area contributed by atoms with E-state index in [2.05, 4.69) is 46.3 Å². The van der Waals surface area contributed by atoms with Crippen molar-refractivity contribution >= 4 is 28.6 Å². The van der Waals surface area contributed by atoms with Crippen molar-refractivity contribution in [2.45, 2.75) is 57.9 Å². The number of nitrogens with zero attached hydrogens (tertiary/aromatic N) is 2. The Morgan fingerprint density at radius 2 is 1.63 bits per heavy atom. The number of nitrogens with one attached hydrogen (secondary N) is 1. The van der Waals surface area contributed by atoms with Crippen LogP contribution in [-0.4, -0.2) is 54.8 Å². The number of anilines is 2. The summed E-state index contributed by atoms with van der Waals surface area (Å²) in [4.78, 5) is 5.48. The molecule has 0 radical (unpaired) electrons. The number of alkyl halides is 3. The van der Waals surface area contributed by atoms with E-state index in [0.717, 1.165) is 56.9 Å². The molecule has 2 aromatic carbocycles. The van der Waals surface area contributed by atoms with Crippen molar-refractivity contribution in [3.63, 3.8) is 0 Å². The van der Waals surface area contributed by atoms with E-state index in [4.69, 9.17) is 17.0 Å². The lowest BCUT2D eigenvalue weighted by Crippen LogP contribution is -2.49. The molecule has 190 valence electrons. The molecule has 0 aromatic heterocycles. The van der Waals surface area contributed by atoms with Crippen molar-refractivity contribution in [2.75, 3.05) is 43.0 Å². The summed E-state index contributed by atoms with van der Waals surface area (Å²) in [5.74, 6) is 0. The second-order valence-electron chi connectivity index (χ2n) is 9.66. The molecule has 2 aromatic rings. The third-order valence-electron chi connectivity index (χ3n) is 7.06. The Labute approximate surface area is 211 Å². The summed E-state index contributed by atoms with van der Waals surface area (Å²) in [6.07, 6.45) is -0.717. The molecule has 0 amide bonds. The first-order chi connectivity index (χ1) is 16.7. The van der Waals surface area contributed by atoms with Crippen molar-refractivity contribution < 1.29 is 17.9 Å². The molecule has 0 atom stereocenters. The number of thiocarbonyl (C=S) groups is 1. The van der Waals surface area contributed by atoms with Crippen molar-refractivity contribution in [2.24, 2.45) is 0 Å². The van der Waals surface area contributed by atoms with Gasteiger partial charge >= 0.3 is 6.18 Å². The van der Waals surface area contributed by atoms with E-state index in [1.54, 1.807) is 6.07 Å². The highest BCUT2D eigenvalue weighted by Gasteiger charge is 2.33. The number of hydrogen-bond donors (Lipinski definition) is 1. The molecule has 35 heavy (non-hydrogen) atoms. The maximum absolute atomic E-state index is 13.2. The summed E-state index contributed by atoms with van der Waals surface area (Å²) in [7, 11) is 0. The van der Waals surface area contributed by atoms with Crippen LogP contribution in [0.4, 0.5) is 24.5 Å². The van der Waals surface area contributed by atoms with Gasteiger partial charge in [0.25, 0.3) is 0 Å². The third kappa shape index (κ3) is 6.88. The molecule has 8 heteroatoms. The Balaban J connectivity index is 1.17. The zero-order valence-corrected chi connectivity index (χ0v) is 21.2. The van der Waals surface area contributed by atoms with Gasteiger partial charge in [0.15, 0.2) is 0 Å². The van der Waals surface area contributed by atoms with Crippen molar-refractivity contribution in [3.05, 3.63) is 59.2 Å². The first-order valence-corrected chi connectivity index (χ1v) is 12.8. The molecule has 4 rings (SSSR count). The van der Waals surface area contributed by atoms with Gasteiger partial charge in [0.2, 0.25) is 0 Å². The zero-order chi connectivity index (χ0) is 25.0. The number of aryl methyl sites for hydroxylation is 2. The Hall–Kier alpha value is -2.32. The molecule has 4 nitrogen and oxygen atoms in total. The summed E-state index contributed by atoms with van der Waals surface area (Å²) < 4.78 is 45.7. The molecule has 0 bridgehead atoms. The highest BCUT2D eigenvalue weighted by atomic mass is 32.1. The summed E-state index contributed by atoms with van der Waals surface area (Å²) in [5, 5.41) is 3.28. The van der Waals surface area contributed by atoms with Gasteiger partial charge in [-0.1, -0.05) is 36.0 Å². The van der Waals surface area contributed by atoms with Crippen LogP contribution in [0.3, 0.4) is 0 Å². The van der Waals surface area contributed by atoms with Crippen molar-refractivity contribution in [1.29, 1.82) is 0 Å². The van der Waals surface area contributed by atoms with Crippen LogP contribution >= 0.6 is 12.2 Å². The monoisotopic (exact) mass is 505 g/mol. The van der Waals surface area contributed by atoms with Gasteiger partial charge in [-0.05, 0) is 69.4 Å². The lowest BCUT2D eigenvalue weighted by atomic mass is 9.92. The van der Waals surface area contributed by atoms with Gasteiger partial charge in [-0.15, -0.1) is 0 Å². The van der Waals surface area contributed by atoms with Crippen LogP contribution in [0.15, 0.2) is 42.5 Å². The Morgan fingerprint density at radius 1 is 0.971 bits per heavy atom. The van der Waals surface area contributed by atoms with Crippen molar-refractivity contribution in [3.8, 4) is 0 Å². The van der Waals surface area contributed by atoms with Gasteiger partial charge in [0, 0.05) is 43.6 Å². The highest BCUT2D eigenvalue weighted by molar-refractivity contribution is 7.80. The minimum Gasteiger partial charge on any atom is -0.382 e. The van der Waals surface area contributed by atoms with Gasteiger partial charge in [-0.2, -0.15) is 13.2 Å². The molecule has 1 aliphatic carbocycles. The standard InChI is InChI=1S/C27H34F3N3OS/c1-19-3-9-23(10-4-19)32-13-15-33(16-14-32)26(35)18-34-24-11-7-21(8-12-24)31-22-6-5-20(2)25(17-22)27(28,29)30/h3-6,9-10,17,21,24,31H,7-8,11-16,18H2,1-2H3/t21-,24-. The van der Waals surface area contributed by atoms with Crippen LogP contribution in [0.25, 0.3) is 0 Å². The minimum atomic E-state index is -4.33. The number of benzene rings is 2. The molecule has 1 saturated carbocycles. The molecule has 1 heterocycles. The fourth-order valence-electron chi connectivity index (χ4n) is 4.88. The molecule has 1 aliphatic heterocycles. The van der Waals surface area contributed by atoms with Crippen LogP contribution < -0.4 is 10.2 Å². The van der Waals surface area contributed by atoms with E-state index in [1.165, 1.54) is 30.3 Å². The van der Waals surface area contributed by atoms with Crippen LogP contribution in [0, 0.1) is 13.8 Å². The minimum absolute atomic E-state index is 0.142. The van der Waals surface area contributed by atoms with Gasteiger partial charge < -0.3 is 19.9 Å². The fraction of sp³-hybridized carbons (Fsp3) is 0.519. The van der Waals surface area contributed by atoms with Crippen LogP contribution in [-0.2, 0) is 10.9 Å². The van der Waals surface area contributed by atoms with E-state index < -0.39 is 11.7 Å². The molecule has 1 saturated heterocycles. The SMILES string of the molecule is Cc1ccc(N2CCN(C(=S)CO[C@H]3CC[C@H](Nc4ccc(C)c(C(F)(F)F)c4)CC3)CC2)cc1. The Bertz CT molecular complexity index is 996. The largest absolute Gasteiger partial charge is 0.416 e. The average molecular weight is 506 g/mol. The van der Waals surface area contributed by atoms with Crippen LogP contribution in [0.2, 0.25) is 0 Å². The summed E-state index contributed by atoms with van der Waals surface area (Å²) in [5.41, 5.74) is 2.71. The van der Waals surface area contributed by atoms with Gasteiger partial charge in [0.1, 0.15) is 4.99 Å². The maximum Gasteiger partial charge on any atom is 0.416 e. The normalized spacial score (nSPS) is 21.2. The second kappa shape index (κ2) is 11.2. The van der Waals surface area contributed by atoms with Crippen molar-refractivity contribution in [1.82, 2.24) is 4.90 Å². The molecule has 0 spiro atoms. The first-order valence-electron chi connectivity index (χ1n) is 12.3. The quantitative estimate of drug-likeness (QED) is 0.471. The smallest absolute Gasteiger partial charge is 0.382 e. The summed E-state index contributed by atoms with van der Waals surface area (Å²) in [6.45, 7) is 7.70. The third-order valence-corrected chi connectivity index (χ3v) is 7.44. The maximum atomic E-state index is 13.2. The molecule has 1 N–H and O–H groups in total. The van der Waals surface area contributed by atoms with E-state index in [0.29, 0.717) is 12.3 Å². The van der Waals surface area contributed by atoms with E-state index in [1.807, 2.05) is 0 Å². The lowest BCUT2D eigenvalue weighted by Gasteiger charge is -2.38. The summed E-state index contributed by atoms with van der Waals surface area (Å²) in [6, 6.07) is 13.3. The van der Waals surface area contributed by atoms with Gasteiger partial charge in [-0.3, -0.25) is 0 Å². The highest BCUT2D eigenvalue weighted by Crippen LogP contribution is 2.34. The molecular weight excluding hydrogens is 471 g/mol. The zero-order valence-electron chi connectivity index (χ0n) is 20.4. The fourth-order valence-corrected chi connectivity index (χ4v) is 5.13. The summed E-state index contributed by atoms with van der Waals surface area (Å²) >= 11 is 5.66. The first kappa shape index (κ1) is 25.8. The van der Waals surface area contributed by atoms with Gasteiger partial charge in [0.05, 0.1) is 18.3 Å². The van der Waals surface area contributed by atoms with E-state index in [-0.39, 0.29) is 17.7 Å². The predicted octanol–water partition coefficient (Wildman–Crippen LogP) is 6.21. The number of hydrogen-bond acceptors (Lipinski definition) is 4. The Morgan fingerprint density at radius 3 is 2.26 bits per heavy atom. The van der Waals surface area contributed by atoms with E-state index in [9.17, 15) is 13.2 Å². The molecule has 2 aliphatic rings. The van der Waals surface area contributed by atoms with Crippen LogP contribution in [0.1, 0.15) is 42.4 Å². The van der Waals surface area contributed by atoms with E-state index >= 15 is 0 Å². The number of halogens is 3. The lowest BCUT2D eigenvalue weighted by molar-refractivity contribution is -0.138. The molecule has 0 unspecified atom stereocenters. The molecular formula is C27H34F3N3OS. The topological polar surface area (TPSA) is 27.7 Å². The predicted molar refractivity (Wildman–Crippen MR) is 139 cm³/mol. The molecule has 2 fully saturated rings. The Kier molecular flexibility index (Phi) is 8.22. The number of rotatable bonds is 6.